The first-order chi connectivity index (χ1) is 11.7. The van der Waals surface area contributed by atoms with Gasteiger partial charge in [0.05, 0.1) is 11.9 Å². The van der Waals surface area contributed by atoms with Crippen LogP contribution in [0.3, 0.4) is 0 Å². The van der Waals surface area contributed by atoms with Crippen molar-refractivity contribution in [2.45, 2.75) is 50.6 Å². The minimum Gasteiger partial charge on any atom is -0.373 e. The molecule has 0 saturated heterocycles. The van der Waals surface area contributed by atoms with Crippen LogP contribution in [0, 0.1) is 5.92 Å². The third-order valence-electron chi connectivity index (χ3n) is 5.03. The van der Waals surface area contributed by atoms with Crippen molar-refractivity contribution in [1.82, 2.24) is 25.1 Å². The molecule has 25 heavy (non-hydrogen) atoms. The summed E-state index contributed by atoms with van der Waals surface area (Å²) in [6, 6.07) is 0. The predicted octanol–water partition coefficient (Wildman–Crippen LogP) is 2.24. The number of alkyl halides is 3. The molecule has 6 nitrogen and oxygen atoms in total. The second-order valence-corrected chi connectivity index (χ2v) is 7.20. The Bertz CT molecular complexity index is 802. The van der Waals surface area contributed by atoms with Crippen LogP contribution in [0.15, 0.2) is 18.6 Å². The van der Waals surface area contributed by atoms with E-state index in [0.717, 1.165) is 37.9 Å². The summed E-state index contributed by atoms with van der Waals surface area (Å²) in [6.45, 7) is 1.99. The molecule has 2 heterocycles. The Kier molecular flexibility index (Phi) is 3.46. The molecule has 1 fully saturated rings. The van der Waals surface area contributed by atoms with Gasteiger partial charge in [-0.3, -0.25) is 10.3 Å². The fraction of sp³-hybridized carbons (Fsp3) is 0.562. The van der Waals surface area contributed by atoms with Crippen molar-refractivity contribution >= 4 is 0 Å². The van der Waals surface area contributed by atoms with E-state index >= 15 is 0 Å². The van der Waals surface area contributed by atoms with Crippen LogP contribution in [0.5, 0.6) is 0 Å². The highest BCUT2D eigenvalue weighted by atomic mass is 19.4. The zero-order valence-corrected chi connectivity index (χ0v) is 13.7. The SMILES string of the molecule is CC(C)(N[C@H](O)c1nn(-c2cnccn2)c2c1C[C@@H]1C[C@H]21)C(F)(F)F. The smallest absolute Gasteiger partial charge is 0.373 e. The van der Waals surface area contributed by atoms with Gasteiger partial charge in [-0.05, 0) is 32.6 Å². The van der Waals surface area contributed by atoms with E-state index in [1.54, 1.807) is 10.9 Å². The van der Waals surface area contributed by atoms with E-state index in [4.69, 9.17) is 0 Å². The molecule has 1 saturated carbocycles. The monoisotopic (exact) mass is 353 g/mol. The topological polar surface area (TPSA) is 75.9 Å². The van der Waals surface area contributed by atoms with Gasteiger partial charge in [0.15, 0.2) is 12.0 Å². The molecule has 2 aromatic rings. The quantitative estimate of drug-likeness (QED) is 0.825. The second-order valence-electron chi connectivity index (χ2n) is 7.20. The molecular weight excluding hydrogens is 335 g/mol. The van der Waals surface area contributed by atoms with Gasteiger partial charge in [-0.15, -0.1) is 0 Å². The number of halogens is 3. The molecule has 2 N–H and O–H groups in total. The molecule has 0 aliphatic heterocycles. The van der Waals surface area contributed by atoms with Crippen LogP contribution in [0.4, 0.5) is 13.2 Å². The van der Waals surface area contributed by atoms with Gasteiger partial charge < -0.3 is 5.11 Å². The molecule has 3 atom stereocenters. The molecular formula is C16H18F3N5O. The molecule has 2 aliphatic carbocycles. The third-order valence-corrected chi connectivity index (χ3v) is 5.03. The van der Waals surface area contributed by atoms with Crippen molar-refractivity contribution < 1.29 is 18.3 Å². The van der Waals surface area contributed by atoms with Gasteiger partial charge in [0, 0.05) is 23.9 Å². The molecule has 134 valence electrons. The standard InChI is InChI=1S/C16H18F3N5O/c1-15(2,16(17,18)19)22-14(25)12-10-6-8-5-9(8)13(10)24(23-12)11-7-20-3-4-21-11/h3-4,7-9,14,22,25H,5-6H2,1-2H3/t8-,9-,14+/m0/s1. The molecule has 0 radical (unpaired) electrons. The Morgan fingerprint density at radius 2 is 2.08 bits per heavy atom. The Labute approximate surface area is 142 Å². The maximum Gasteiger partial charge on any atom is 0.406 e. The Morgan fingerprint density at radius 3 is 2.72 bits per heavy atom. The Balaban J connectivity index is 1.71. The van der Waals surface area contributed by atoms with Crippen molar-refractivity contribution in [3.05, 3.63) is 35.5 Å². The van der Waals surface area contributed by atoms with E-state index in [1.165, 1.54) is 12.4 Å². The van der Waals surface area contributed by atoms with Gasteiger partial charge in [0.2, 0.25) is 0 Å². The van der Waals surface area contributed by atoms with E-state index < -0.39 is 17.9 Å². The molecule has 0 amide bonds. The highest BCUT2D eigenvalue weighted by Gasteiger charge is 2.52. The van der Waals surface area contributed by atoms with Crippen molar-refractivity contribution in [2.24, 2.45) is 5.92 Å². The van der Waals surface area contributed by atoms with E-state index in [2.05, 4.69) is 20.4 Å². The minimum atomic E-state index is -4.49. The highest BCUT2D eigenvalue weighted by molar-refractivity contribution is 5.44. The largest absolute Gasteiger partial charge is 0.406 e. The molecule has 0 bridgehead atoms. The van der Waals surface area contributed by atoms with Crippen LogP contribution in [-0.2, 0) is 6.42 Å². The van der Waals surface area contributed by atoms with Crippen LogP contribution in [-0.4, -0.2) is 36.6 Å². The fourth-order valence-corrected chi connectivity index (χ4v) is 3.43. The summed E-state index contributed by atoms with van der Waals surface area (Å²) < 4.78 is 40.9. The van der Waals surface area contributed by atoms with Crippen LogP contribution in [0.1, 0.15) is 49.4 Å². The van der Waals surface area contributed by atoms with Crippen LogP contribution >= 0.6 is 0 Å². The van der Waals surface area contributed by atoms with E-state index in [0.29, 0.717) is 17.7 Å². The Morgan fingerprint density at radius 1 is 1.32 bits per heavy atom. The average Bonchev–Trinajstić information content (AvgIpc) is 3.02. The van der Waals surface area contributed by atoms with Gasteiger partial charge in [0.25, 0.3) is 0 Å². The first-order valence-corrected chi connectivity index (χ1v) is 8.09. The molecule has 0 unspecified atom stereocenters. The van der Waals surface area contributed by atoms with Crippen molar-refractivity contribution in [3.63, 3.8) is 0 Å². The van der Waals surface area contributed by atoms with Gasteiger partial charge >= 0.3 is 6.18 Å². The normalized spacial score (nSPS) is 23.3. The van der Waals surface area contributed by atoms with Crippen LogP contribution < -0.4 is 5.32 Å². The summed E-state index contributed by atoms with van der Waals surface area (Å²) in [5.74, 6) is 1.32. The third kappa shape index (κ3) is 2.62. The number of aliphatic hydroxyl groups is 1. The summed E-state index contributed by atoms with van der Waals surface area (Å²) in [5, 5.41) is 17.1. The van der Waals surface area contributed by atoms with Gasteiger partial charge in [0.1, 0.15) is 11.2 Å². The summed E-state index contributed by atoms with van der Waals surface area (Å²) in [7, 11) is 0. The van der Waals surface area contributed by atoms with E-state index in [-0.39, 0.29) is 5.69 Å². The summed E-state index contributed by atoms with van der Waals surface area (Å²) >= 11 is 0. The minimum absolute atomic E-state index is 0.241. The maximum absolute atomic E-state index is 13.1. The second kappa shape index (κ2) is 5.25. The maximum atomic E-state index is 13.1. The summed E-state index contributed by atoms with van der Waals surface area (Å²) in [5.41, 5.74) is -0.238. The molecule has 0 aromatic carbocycles. The lowest BCUT2D eigenvalue weighted by molar-refractivity contribution is -0.195. The molecule has 4 rings (SSSR count). The van der Waals surface area contributed by atoms with Gasteiger partial charge in [-0.25, -0.2) is 9.67 Å². The summed E-state index contributed by atoms with van der Waals surface area (Å²) in [6.07, 6.45) is 0.372. The average molecular weight is 353 g/mol. The first-order valence-electron chi connectivity index (χ1n) is 8.09. The van der Waals surface area contributed by atoms with Gasteiger partial charge in [-0.2, -0.15) is 18.3 Å². The van der Waals surface area contributed by atoms with Crippen molar-refractivity contribution in [3.8, 4) is 5.82 Å². The number of rotatable bonds is 4. The Hall–Kier alpha value is -2.00. The van der Waals surface area contributed by atoms with Crippen molar-refractivity contribution in [1.29, 1.82) is 0 Å². The fourth-order valence-electron chi connectivity index (χ4n) is 3.43. The van der Waals surface area contributed by atoms with E-state index in [9.17, 15) is 18.3 Å². The number of aromatic nitrogens is 4. The molecule has 9 heteroatoms. The number of hydrogen-bond acceptors (Lipinski definition) is 5. The molecule has 2 aromatic heterocycles. The van der Waals surface area contributed by atoms with E-state index in [1.807, 2.05) is 0 Å². The van der Waals surface area contributed by atoms with Crippen LogP contribution in [0.2, 0.25) is 0 Å². The number of nitrogens with zero attached hydrogens (tertiary/aromatic N) is 4. The highest BCUT2D eigenvalue weighted by Crippen LogP contribution is 2.57. The lowest BCUT2D eigenvalue weighted by Gasteiger charge is -2.31. The van der Waals surface area contributed by atoms with Gasteiger partial charge in [-0.1, -0.05) is 0 Å². The number of fused-ring (bicyclic) bond motifs is 3. The first kappa shape index (κ1) is 16.5. The zero-order chi connectivity index (χ0) is 18.0. The molecule has 2 aliphatic rings. The number of aliphatic hydroxyl groups excluding tert-OH is 1. The number of hydrogen-bond donors (Lipinski definition) is 2. The van der Waals surface area contributed by atoms with Crippen molar-refractivity contribution in [2.75, 3.05) is 0 Å². The molecule has 0 spiro atoms. The predicted molar refractivity (Wildman–Crippen MR) is 81.9 cm³/mol. The summed E-state index contributed by atoms with van der Waals surface area (Å²) in [4.78, 5) is 8.24. The lowest BCUT2D eigenvalue weighted by Crippen LogP contribution is -2.53. The van der Waals surface area contributed by atoms with Crippen LogP contribution in [0.25, 0.3) is 5.82 Å². The number of nitrogens with one attached hydrogen (secondary N) is 1. The lowest BCUT2D eigenvalue weighted by atomic mass is 10.0. The zero-order valence-electron chi connectivity index (χ0n) is 13.7.